The maximum absolute atomic E-state index is 4.23. The van der Waals surface area contributed by atoms with E-state index in [4.69, 9.17) is 0 Å². The lowest BCUT2D eigenvalue weighted by molar-refractivity contribution is 0.766. The molecule has 4 heteroatoms. The molecule has 0 radical (unpaired) electrons. The van der Waals surface area contributed by atoms with Crippen molar-refractivity contribution in [3.05, 3.63) is 30.1 Å². The van der Waals surface area contributed by atoms with Gasteiger partial charge in [-0.1, -0.05) is 37.3 Å². The van der Waals surface area contributed by atoms with E-state index in [2.05, 4.69) is 52.7 Å². The minimum Gasteiger partial charge on any atom is -0.269 e. The summed E-state index contributed by atoms with van der Waals surface area (Å²) in [6.45, 7) is 4.28. The molecule has 0 saturated heterocycles. The molecule has 0 aliphatic carbocycles. The summed E-state index contributed by atoms with van der Waals surface area (Å²) in [5.41, 5.74) is 1.21. The maximum atomic E-state index is 4.23. The van der Waals surface area contributed by atoms with Crippen LogP contribution in [0.4, 0.5) is 0 Å². The third kappa shape index (κ3) is 1.18. The van der Waals surface area contributed by atoms with Gasteiger partial charge < -0.3 is 0 Å². The second-order valence-electron chi connectivity index (χ2n) is 3.90. The van der Waals surface area contributed by atoms with Crippen LogP contribution in [-0.2, 0) is 0 Å². The van der Waals surface area contributed by atoms with Crippen LogP contribution in [0.2, 0.25) is 0 Å². The first kappa shape index (κ1) is 8.85. The van der Waals surface area contributed by atoms with Crippen molar-refractivity contribution < 1.29 is 0 Å². The molecule has 0 bridgehead atoms. The number of aromatic nitrogens is 3. The summed E-state index contributed by atoms with van der Waals surface area (Å²) in [4.78, 5) is 0.986. The van der Waals surface area contributed by atoms with Crippen molar-refractivity contribution in [3.8, 4) is 0 Å². The number of para-hydroxylation sites is 1. The average molecular weight is 217 g/mol. The number of nitrogens with zero attached hydrogens (tertiary/aromatic N) is 3. The number of benzene rings is 1. The van der Waals surface area contributed by atoms with E-state index < -0.39 is 0 Å². The zero-order chi connectivity index (χ0) is 10.4. The van der Waals surface area contributed by atoms with Gasteiger partial charge in [0.05, 0.1) is 10.2 Å². The first-order valence-electron chi connectivity index (χ1n) is 5.00. The molecule has 0 N–H and O–H groups in total. The molecule has 15 heavy (non-hydrogen) atoms. The lowest BCUT2D eigenvalue weighted by Crippen LogP contribution is -1.95. The Hall–Kier alpha value is -1.42. The molecule has 0 saturated carbocycles. The zero-order valence-electron chi connectivity index (χ0n) is 8.64. The van der Waals surface area contributed by atoms with Crippen molar-refractivity contribution in [2.45, 2.75) is 19.8 Å². The molecule has 2 heterocycles. The Morgan fingerprint density at radius 2 is 2.00 bits per heavy atom. The second-order valence-corrected chi connectivity index (χ2v) is 4.91. The van der Waals surface area contributed by atoms with Crippen LogP contribution in [0, 0.1) is 0 Å². The molecule has 0 atom stereocenters. The van der Waals surface area contributed by atoms with Gasteiger partial charge in [-0.3, -0.25) is 4.40 Å². The first-order chi connectivity index (χ1) is 7.27. The fourth-order valence-electron chi connectivity index (χ4n) is 1.77. The van der Waals surface area contributed by atoms with Crippen LogP contribution in [0.3, 0.4) is 0 Å². The molecule has 0 spiro atoms. The van der Waals surface area contributed by atoms with E-state index >= 15 is 0 Å². The Labute approximate surface area is 91.4 Å². The van der Waals surface area contributed by atoms with Crippen molar-refractivity contribution in [2.24, 2.45) is 0 Å². The molecule has 0 aliphatic rings. The maximum Gasteiger partial charge on any atom is 0.217 e. The molecule has 0 unspecified atom stereocenters. The molecule has 3 nitrogen and oxygen atoms in total. The highest BCUT2D eigenvalue weighted by molar-refractivity contribution is 7.23. The molecule has 3 aromatic rings. The van der Waals surface area contributed by atoms with E-state index in [1.165, 1.54) is 10.2 Å². The van der Waals surface area contributed by atoms with Gasteiger partial charge in [-0.05, 0) is 12.1 Å². The van der Waals surface area contributed by atoms with Crippen LogP contribution < -0.4 is 0 Å². The fraction of sp³-hybridized carbons (Fsp3) is 0.273. The number of hydrogen-bond acceptors (Lipinski definition) is 3. The highest BCUT2D eigenvalue weighted by Gasteiger charge is 2.13. The number of fused-ring (bicyclic) bond motifs is 3. The van der Waals surface area contributed by atoms with Crippen LogP contribution in [0.25, 0.3) is 15.2 Å². The van der Waals surface area contributed by atoms with E-state index in [9.17, 15) is 0 Å². The predicted octanol–water partition coefficient (Wildman–Crippen LogP) is 3.07. The standard InChI is InChI=1S/C11H11N3S/c1-7(2)10-12-13-11-14(10)8-5-3-4-6-9(8)15-11/h3-7H,1-2H3. The molecule has 76 valence electrons. The highest BCUT2D eigenvalue weighted by Crippen LogP contribution is 2.27. The Balaban J connectivity index is 2.49. The summed E-state index contributed by atoms with van der Waals surface area (Å²) in [7, 11) is 0. The quantitative estimate of drug-likeness (QED) is 0.627. The summed E-state index contributed by atoms with van der Waals surface area (Å²) in [5, 5.41) is 8.44. The Bertz CT molecular complexity index is 621. The topological polar surface area (TPSA) is 30.2 Å². The fourth-order valence-corrected chi connectivity index (χ4v) is 2.75. The largest absolute Gasteiger partial charge is 0.269 e. The molecule has 1 aromatic carbocycles. The van der Waals surface area contributed by atoms with E-state index in [1.807, 2.05) is 0 Å². The lowest BCUT2D eigenvalue weighted by atomic mass is 10.2. The van der Waals surface area contributed by atoms with E-state index in [1.54, 1.807) is 11.3 Å². The summed E-state index contributed by atoms with van der Waals surface area (Å²) in [5.74, 6) is 1.44. The molecule has 0 fully saturated rings. The monoisotopic (exact) mass is 217 g/mol. The van der Waals surface area contributed by atoms with Crippen molar-refractivity contribution in [2.75, 3.05) is 0 Å². The van der Waals surface area contributed by atoms with Crippen molar-refractivity contribution in [1.29, 1.82) is 0 Å². The van der Waals surface area contributed by atoms with Gasteiger partial charge in [0.15, 0.2) is 0 Å². The summed E-state index contributed by atoms with van der Waals surface area (Å²) in [6, 6.07) is 8.35. The summed E-state index contributed by atoms with van der Waals surface area (Å²) < 4.78 is 3.43. The van der Waals surface area contributed by atoms with Gasteiger partial charge in [0.25, 0.3) is 0 Å². The minimum absolute atomic E-state index is 0.401. The summed E-state index contributed by atoms with van der Waals surface area (Å²) in [6.07, 6.45) is 0. The molecule has 0 aliphatic heterocycles. The number of rotatable bonds is 1. The van der Waals surface area contributed by atoms with E-state index in [-0.39, 0.29) is 0 Å². The molecule has 0 amide bonds. The Morgan fingerprint density at radius 3 is 2.80 bits per heavy atom. The minimum atomic E-state index is 0.401. The van der Waals surface area contributed by atoms with Crippen LogP contribution in [0.15, 0.2) is 24.3 Å². The zero-order valence-corrected chi connectivity index (χ0v) is 9.45. The Morgan fingerprint density at radius 1 is 1.20 bits per heavy atom. The van der Waals surface area contributed by atoms with Crippen LogP contribution >= 0.6 is 11.3 Å². The van der Waals surface area contributed by atoms with Gasteiger partial charge in [0.1, 0.15) is 5.82 Å². The first-order valence-corrected chi connectivity index (χ1v) is 5.81. The van der Waals surface area contributed by atoms with E-state index in [0.717, 1.165) is 10.8 Å². The highest BCUT2D eigenvalue weighted by atomic mass is 32.1. The van der Waals surface area contributed by atoms with Gasteiger partial charge in [-0.2, -0.15) is 0 Å². The van der Waals surface area contributed by atoms with Gasteiger partial charge in [0, 0.05) is 5.92 Å². The van der Waals surface area contributed by atoms with Crippen molar-refractivity contribution >= 4 is 26.5 Å². The number of thiazole rings is 1. The van der Waals surface area contributed by atoms with Gasteiger partial charge >= 0.3 is 0 Å². The number of hydrogen-bond donors (Lipinski definition) is 0. The molecule has 2 aromatic heterocycles. The van der Waals surface area contributed by atoms with Gasteiger partial charge in [-0.25, -0.2) is 0 Å². The molecule has 3 rings (SSSR count). The molecular weight excluding hydrogens is 206 g/mol. The SMILES string of the molecule is CC(C)c1nnc2sc3ccccc3n12. The van der Waals surface area contributed by atoms with Crippen LogP contribution in [0.1, 0.15) is 25.6 Å². The average Bonchev–Trinajstić information content (AvgIpc) is 2.74. The summed E-state index contributed by atoms with van der Waals surface area (Å²) >= 11 is 1.69. The molecular formula is C11H11N3S. The van der Waals surface area contributed by atoms with Crippen molar-refractivity contribution in [1.82, 2.24) is 14.6 Å². The van der Waals surface area contributed by atoms with Gasteiger partial charge in [-0.15, -0.1) is 10.2 Å². The second kappa shape index (κ2) is 3.03. The lowest BCUT2D eigenvalue weighted by Gasteiger charge is -2.00. The third-order valence-corrected chi connectivity index (χ3v) is 3.49. The third-order valence-electron chi connectivity index (χ3n) is 2.48. The van der Waals surface area contributed by atoms with Crippen molar-refractivity contribution in [3.63, 3.8) is 0 Å². The smallest absolute Gasteiger partial charge is 0.217 e. The van der Waals surface area contributed by atoms with E-state index in [0.29, 0.717) is 5.92 Å². The van der Waals surface area contributed by atoms with Gasteiger partial charge in [0.2, 0.25) is 4.96 Å². The van der Waals surface area contributed by atoms with Crippen LogP contribution in [-0.4, -0.2) is 14.6 Å². The Kier molecular flexibility index (Phi) is 1.79. The predicted molar refractivity (Wildman–Crippen MR) is 62.5 cm³/mol. The normalized spacial score (nSPS) is 11.9. The van der Waals surface area contributed by atoms with Crippen LogP contribution in [0.5, 0.6) is 0 Å².